The van der Waals surface area contributed by atoms with Crippen LogP contribution in [0.3, 0.4) is 0 Å². The molecule has 0 amide bonds. The van der Waals surface area contributed by atoms with Crippen LogP contribution in [0.15, 0.2) is 24.2 Å². The lowest BCUT2D eigenvalue weighted by Gasteiger charge is -2.08. The molecule has 0 aromatic rings. The van der Waals surface area contributed by atoms with Crippen LogP contribution in [0.4, 0.5) is 0 Å². The van der Waals surface area contributed by atoms with Crippen LogP contribution in [0, 0.1) is 0 Å². The van der Waals surface area contributed by atoms with Gasteiger partial charge in [0.2, 0.25) is 5.76 Å². The van der Waals surface area contributed by atoms with Gasteiger partial charge in [-0.15, -0.1) is 0 Å². The highest BCUT2D eigenvalue weighted by atomic mass is 16.5. The van der Waals surface area contributed by atoms with Crippen molar-refractivity contribution in [2.24, 2.45) is 5.73 Å². The van der Waals surface area contributed by atoms with Crippen molar-refractivity contribution in [1.82, 2.24) is 0 Å². The normalized spacial score (nSPS) is 23.3. The second kappa shape index (κ2) is 2.53. The van der Waals surface area contributed by atoms with Crippen LogP contribution in [0.1, 0.15) is 0 Å². The molecule has 0 saturated carbocycles. The Balaban J connectivity index is 2.71. The van der Waals surface area contributed by atoms with Gasteiger partial charge in [0, 0.05) is 6.04 Å². The van der Waals surface area contributed by atoms with Crippen molar-refractivity contribution in [3.05, 3.63) is 24.2 Å². The van der Waals surface area contributed by atoms with Gasteiger partial charge in [-0.3, -0.25) is 0 Å². The fraction of sp³-hybridized carbons (Fsp3) is 0.167. The summed E-state index contributed by atoms with van der Waals surface area (Å²) in [5.41, 5.74) is 5.36. The minimum absolute atomic E-state index is 0.116. The molecule has 0 fully saturated rings. The Bertz CT molecular complexity index is 207. The number of carboxylic acid groups (broad SMARTS) is 1. The molecule has 0 saturated heterocycles. The molecule has 0 spiro atoms. The molecule has 0 radical (unpaired) electrons. The Morgan fingerprint density at radius 3 is 2.90 bits per heavy atom. The van der Waals surface area contributed by atoms with E-state index < -0.39 is 5.97 Å². The van der Waals surface area contributed by atoms with Crippen LogP contribution in [-0.2, 0) is 9.53 Å². The van der Waals surface area contributed by atoms with Crippen molar-refractivity contribution in [2.45, 2.75) is 6.04 Å². The zero-order chi connectivity index (χ0) is 7.56. The maximum Gasteiger partial charge on any atom is 0.371 e. The van der Waals surface area contributed by atoms with Gasteiger partial charge in [0.25, 0.3) is 0 Å². The molecule has 0 aromatic carbocycles. The quantitative estimate of drug-likeness (QED) is 0.531. The fourth-order valence-electron chi connectivity index (χ4n) is 0.595. The van der Waals surface area contributed by atoms with Gasteiger partial charge in [0.15, 0.2) is 0 Å². The van der Waals surface area contributed by atoms with Crippen molar-refractivity contribution in [3.63, 3.8) is 0 Å². The van der Waals surface area contributed by atoms with Gasteiger partial charge < -0.3 is 15.6 Å². The Kier molecular flexibility index (Phi) is 1.73. The Morgan fingerprint density at radius 1 is 1.80 bits per heavy atom. The summed E-state index contributed by atoms with van der Waals surface area (Å²) in [6.45, 7) is 0. The van der Waals surface area contributed by atoms with Gasteiger partial charge in [0.05, 0.1) is 6.26 Å². The number of rotatable bonds is 1. The second-order valence-electron chi connectivity index (χ2n) is 1.86. The molecule has 4 heteroatoms. The van der Waals surface area contributed by atoms with Gasteiger partial charge in [0.1, 0.15) is 0 Å². The molecule has 54 valence electrons. The van der Waals surface area contributed by atoms with E-state index in [0.29, 0.717) is 0 Å². The average molecular weight is 141 g/mol. The predicted octanol–water partition coefficient (Wildman–Crippen LogP) is -0.174. The Labute approximate surface area is 57.6 Å². The fourth-order valence-corrected chi connectivity index (χ4v) is 0.595. The molecule has 10 heavy (non-hydrogen) atoms. The van der Waals surface area contributed by atoms with E-state index in [-0.39, 0.29) is 11.8 Å². The van der Waals surface area contributed by atoms with Crippen molar-refractivity contribution >= 4 is 5.97 Å². The number of nitrogens with two attached hydrogens (primary N) is 1. The van der Waals surface area contributed by atoms with Crippen molar-refractivity contribution in [3.8, 4) is 0 Å². The lowest BCUT2D eigenvalue weighted by Crippen LogP contribution is -2.19. The third-order valence-corrected chi connectivity index (χ3v) is 1.05. The molecule has 3 N–H and O–H groups in total. The van der Waals surface area contributed by atoms with Crippen LogP contribution in [-0.4, -0.2) is 17.1 Å². The predicted molar refractivity (Wildman–Crippen MR) is 33.9 cm³/mol. The number of aliphatic carboxylic acids is 1. The number of hydrogen-bond acceptors (Lipinski definition) is 3. The number of ether oxygens (including phenoxy) is 1. The summed E-state index contributed by atoms with van der Waals surface area (Å²) >= 11 is 0. The summed E-state index contributed by atoms with van der Waals surface area (Å²) in [6.07, 6.45) is 4.17. The third-order valence-electron chi connectivity index (χ3n) is 1.05. The molecule has 0 bridgehead atoms. The third kappa shape index (κ3) is 1.35. The zero-order valence-electron chi connectivity index (χ0n) is 5.15. The van der Waals surface area contributed by atoms with E-state index in [0.717, 1.165) is 0 Å². The molecule has 1 rings (SSSR count). The van der Waals surface area contributed by atoms with Gasteiger partial charge >= 0.3 is 5.97 Å². The minimum Gasteiger partial charge on any atom is -0.475 e. The zero-order valence-corrected chi connectivity index (χ0v) is 5.15. The molecule has 4 nitrogen and oxygen atoms in total. The maximum atomic E-state index is 10.2. The Morgan fingerprint density at radius 2 is 2.50 bits per heavy atom. The van der Waals surface area contributed by atoms with Gasteiger partial charge in [-0.25, -0.2) is 4.79 Å². The minimum atomic E-state index is -1.10. The van der Waals surface area contributed by atoms with E-state index in [1.165, 1.54) is 12.3 Å². The number of carboxylic acids is 1. The van der Waals surface area contributed by atoms with Crippen molar-refractivity contribution in [2.75, 3.05) is 0 Å². The van der Waals surface area contributed by atoms with E-state index in [9.17, 15) is 4.79 Å². The Hall–Kier alpha value is -1.29. The first-order valence-corrected chi connectivity index (χ1v) is 2.74. The van der Waals surface area contributed by atoms with Crippen LogP contribution in [0.2, 0.25) is 0 Å². The first-order valence-electron chi connectivity index (χ1n) is 2.74. The van der Waals surface area contributed by atoms with Crippen LogP contribution in [0.25, 0.3) is 0 Å². The number of hydrogen-bond donors (Lipinski definition) is 2. The van der Waals surface area contributed by atoms with Gasteiger partial charge in [-0.1, -0.05) is 0 Å². The summed E-state index contributed by atoms with van der Waals surface area (Å²) in [4.78, 5) is 10.2. The van der Waals surface area contributed by atoms with Gasteiger partial charge in [-0.05, 0) is 12.2 Å². The summed E-state index contributed by atoms with van der Waals surface area (Å²) < 4.78 is 4.61. The average Bonchev–Trinajstić information content (AvgIpc) is 1.88. The van der Waals surface area contributed by atoms with Gasteiger partial charge in [-0.2, -0.15) is 0 Å². The molecule has 1 aliphatic rings. The van der Waals surface area contributed by atoms with Crippen molar-refractivity contribution in [1.29, 1.82) is 0 Å². The monoisotopic (exact) mass is 141 g/mol. The molecule has 1 unspecified atom stereocenters. The first kappa shape index (κ1) is 6.82. The molecule has 1 heterocycles. The van der Waals surface area contributed by atoms with E-state index in [1.54, 1.807) is 6.08 Å². The van der Waals surface area contributed by atoms with E-state index in [4.69, 9.17) is 10.8 Å². The highest BCUT2D eigenvalue weighted by molar-refractivity contribution is 5.84. The van der Waals surface area contributed by atoms with Crippen LogP contribution in [0.5, 0.6) is 0 Å². The highest BCUT2D eigenvalue weighted by Crippen LogP contribution is 2.05. The van der Waals surface area contributed by atoms with E-state index in [2.05, 4.69) is 4.74 Å². The lowest BCUT2D eigenvalue weighted by atomic mass is 10.2. The smallest absolute Gasteiger partial charge is 0.371 e. The lowest BCUT2D eigenvalue weighted by molar-refractivity contribution is -0.135. The second-order valence-corrected chi connectivity index (χ2v) is 1.86. The molecule has 0 aromatic heterocycles. The number of carbonyl (C=O) groups is 1. The molecular formula is C6H7NO3. The summed E-state index contributed by atoms with van der Waals surface area (Å²) in [6, 6.07) is -0.347. The van der Waals surface area contributed by atoms with E-state index in [1.807, 2.05) is 0 Å². The molecule has 1 aliphatic heterocycles. The standard InChI is InChI=1S/C6H7NO3/c7-4-1-2-10-5(3-4)6(8)9/h1-4H,7H2,(H,8,9). The van der Waals surface area contributed by atoms with E-state index >= 15 is 0 Å². The maximum absolute atomic E-state index is 10.2. The molecule has 1 atom stereocenters. The summed E-state index contributed by atoms with van der Waals surface area (Å²) in [7, 11) is 0. The highest BCUT2D eigenvalue weighted by Gasteiger charge is 2.11. The SMILES string of the molecule is NC1C=COC(C(=O)O)=C1. The molecule has 0 aliphatic carbocycles. The largest absolute Gasteiger partial charge is 0.475 e. The summed E-state index contributed by atoms with van der Waals surface area (Å²) in [5, 5.41) is 8.37. The first-order chi connectivity index (χ1) is 4.70. The topological polar surface area (TPSA) is 72.5 Å². The van der Waals surface area contributed by atoms with Crippen LogP contribution < -0.4 is 5.73 Å². The summed E-state index contributed by atoms with van der Waals surface area (Å²) in [5.74, 6) is -1.21. The van der Waals surface area contributed by atoms with Crippen LogP contribution >= 0.6 is 0 Å². The van der Waals surface area contributed by atoms with Crippen molar-refractivity contribution < 1.29 is 14.6 Å². The molecular weight excluding hydrogens is 134 g/mol.